The van der Waals surface area contributed by atoms with Crippen molar-refractivity contribution < 1.29 is 13.9 Å². The first-order valence-corrected chi connectivity index (χ1v) is 12.3. The molecule has 1 amide bonds. The summed E-state index contributed by atoms with van der Waals surface area (Å²) >= 11 is 13.6. The number of carbonyl (C=O) groups is 1. The Morgan fingerprint density at radius 1 is 1.18 bits per heavy atom. The van der Waals surface area contributed by atoms with Crippen molar-refractivity contribution >= 4 is 57.6 Å². The van der Waals surface area contributed by atoms with E-state index in [2.05, 4.69) is 14.6 Å². The topological polar surface area (TPSA) is 60.6 Å². The van der Waals surface area contributed by atoms with Crippen molar-refractivity contribution in [3.05, 3.63) is 52.4 Å². The average Bonchev–Trinajstić information content (AvgIpc) is 3.20. The van der Waals surface area contributed by atoms with Crippen molar-refractivity contribution in [1.82, 2.24) is 14.8 Å². The fraction of sp³-hybridized carbons (Fsp3) is 0.348. The predicted molar refractivity (Wildman–Crippen MR) is 133 cm³/mol. The molecule has 0 bridgehead atoms. The molecular formula is C23H25Cl2FN4O2S. The van der Waals surface area contributed by atoms with Gasteiger partial charge in [0.1, 0.15) is 11.6 Å². The summed E-state index contributed by atoms with van der Waals surface area (Å²) < 4.78 is 23.5. The van der Waals surface area contributed by atoms with E-state index < -0.39 is 0 Å². The number of rotatable bonds is 8. The number of H-pyrrole nitrogens is 1. The molecule has 2 N–H and O–H groups in total. The minimum Gasteiger partial charge on any atom is -0.493 e. The summed E-state index contributed by atoms with van der Waals surface area (Å²) in [5, 5.41) is 1.82. The molecule has 0 radical (unpaired) electrons. The number of hydrogen-bond donors (Lipinski definition) is 2. The Labute approximate surface area is 206 Å². The molecule has 0 atom stereocenters. The zero-order chi connectivity index (χ0) is 23.4. The second kappa shape index (κ2) is 10.9. The number of amides is 1. The van der Waals surface area contributed by atoms with Crippen LogP contribution in [0, 0.1) is 5.82 Å². The minimum absolute atomic E-state index is 0.131. The van der Waals surface area contributed by atoms with Crippen LogP contribution in [0.2, 0.25) is 10.0 Å². The number of halogens is 3. The number of anilines is 1. The molecule has 6 nitrogen and oxygen atoms in total. The monoisotopic (exact) mass is 510 g/mol. The fourth-order valence-corrected chi connectivity index (χ4v) is 5.02. The number of fused-ring (bicyclic) bond motifs is 1. The molecule has 1 aliphatic heterocycles. The van der Waals surface area contributed by atoms with E-state index in [1.54, 1.807) is 31.3 Å². The molecular weight excluding hydrogens is 486 g/mol. The molecule has 1 aliphatic rings. The smallest absolute Gasteiger partial charge is 0.219 e. The molecule has 2 aromatic carbocycles. The number of benzene rings is 2. The largest absolute Gasteiger partial charge is 0.493 e. The Morgan fingerprint density at radius 2 is 1.97 bits per heavy atom. The van der Waals surface area contributed by atoms with Crippen LogP contribution in [-0.2, 0) is 4.79 Å². The van der Waals surface area contributed by atoms with Gasteiger partial charge in [0.25, 0.3) is 0 Å². The van der Waals surface area contributed by atoms with E-state index in [1.807, 2.05) is 11.0 Å². The van der Waals surface area contributed by atoms with Crippen LogP contribution >= 0.6 is 35.1 Å². The standard InChI is InChI=1S/C23H25Cl2FN4O2S/c1-15(31)30-10-8-29(9-11-30)7-2-12-32-16-3-6-21(19(26)13-16)33-28-20-5-4-17(24)22-18(25)14-27-23(20)22/h3-6,13-14,27-28H,2,7-12H2,1H3. The van der Waals surface area contributed by atoms with Crippen LogP contribution < -0.4 is 9.46 Å². The SMILES string of the molecule is CC(=O)N1CCN(CCCOc2ccc(SNc3ccc(Cl)c4c(Cl)c[nH]c34)c(F)c2)CC1. The lowest BCUT2D eigenvalue weighted by Gasteiger charge is -2.34. The Hall–Kier alpha value is -2.13. The molecule has 1 fully saturated rings. The molecule has 1 saturated heterocycles. The van der Waals surface area contributed by atoms with E-state index >= 15 is 0 Å². The maximum Gasteiger partial charge on any atom is 0.219 e. The van der Waals surface area contributed by atoms with Crippen molar-refractivity contribution in [3.8, 4) is 5.75 Å². The van der Waals surface area contributed by atoms with Crippen LogP contribution in [0.1, 0.15) is 13.3 Å². The number of piperazine rings is 1. The Bertz CT molecular complexity index is 1140. The molecule has 1 aromatic heterocycles. The van der Waals surface area contributed by atoms with Gasteiger partial charge in [0.05, 0.1) is 32.8 Å². The Kier molecular flexibility index (Phi) is 7.90. The second-order valence-electron chi connectivity index (χ2n) is 7.83. The van der Waals surface area contributed by atoms with Gasteiger partial charge in [-0.25, -0.2) is 4.39 Å². The maximum absolute atomic E-state index is 14.6. The summed E-state index contributed by atoms with van der Waals surface area (Å²) in [5.74, 6) is 0.273. The zero-order valence-electron chi connectivity index (χ0n) is 18.2. The third-order valence-electron chi connectivity index (χ3n) is 5.62. The highest BCUT2D eigenvalue weighted by Crippen LogP contribution is 2.36. The molecule has 33 heavy (non-hydrogen) atoms. The number of nitrogens with zero attached hydrogens (tertiary/aromatic N) is 2. The van der Waals surface area contributed by atoms with Gasteiger partial charge >= 0.3 is 0 Å². The van der Waals surface area contributed by atoms with E-state index in [-0.39, 0.29) is 11.7 Å². The van der Waals surface area contributed by atoms with Gasteiger partial charge in [0.15, 0.2) is 0 Å². The van der Waals surface area contributed by atoms with Gasteiger partial charge in [-0.05, 0) is 42.6 Å². The van der Waals surface area contributed by atoms with Gasteiger partial charge in [-0.15, -0.1) is 0 Å². The highest BCUT2D eigenvalue weighted by Gasteiger charge is 2.18. The van der Waals surface area contributed by atoms with Crippen LogP contribution in [0.3, 0.4) is 0 Å². The van der Waals surface area contributed by atoms with E-state index in [1.165, 1.54) is 18.0 Å². The quantitative estimate of drug-likeness (QED) is 0.302. The molecule has 0 unspecified atom stereocenters. The molecule has 2 heterocycles. The van der Waals surface area contributed by atoms with Gasteiger partial charge in [-0.2, -0.15) is 0 Å². The molecule has 10 heteroatoms. The first-order chi connectivity index (χ1) is 15.9. The fourth-order valence-electron chi connectivity index (χ4n) is 3.78. The number of aromatic amines is 1. The van der Waals surface area contributed by atoms with E-state index in [9.17, 15) is 9.18 Å². The highest BCUT2D eigenvalue weighted by molar-refractivity contribution is 8.00. The number of hydrogen-bond acceptors (Lipinski definition) is 5. The lowest BCUT2D eigenvalue weighted by molar-refractivity contribution is -0.130. The van der Waals surface area contributed by atoms with Crippen LogP contribution in [0.5, 0.6) is 5.75 Å². The first-order valence-electron chi connectivity index (χ1n) is 10.7. The Morgan fingerprint density at radius 3 is 2.70 bits per heavy atom. The van der Waals surface area contributed by atoms with Crippen molar-refractivity contribution in [2.45, 2.75) is 18.2 Å². The van der Waals surface area contributed by atoms with Gasteiger partial charge < -0.3 is 19.3 Å². The molecule has 176 valence electrons. The molecule has 0 aliphatic carbocycles. The van der Waals surface area contributed by atoms with Crippen LogP contribution in [0.4, 0.5) is 10.1 Å². The van der Waals surface area contributed by atoms with Crippen molar-refractivity contribution in [2.24, 2.45) is 0 Å². The molecule has 4 rings (SSSR count). The summed E-state index contributed by atoms with van der Waals surface area (Å²) in [4.78, 5) is 19.1. The minimum atomic E-state index is -0.361. The zero-order valence-corrected chi connectivity index (χ0v) is 20.5. The van der Waals surface area contributed by atoms with Gasteiger partial charge in [-0.3, -0.25) is 9.69 Å². The van der Waals surface area contributed by atoms with Crippen LogP contribution in [-0.4, -0.2) is 60.0 Å². The van der Waals surface area contributed by atoms with E-state index in [0.29, 0.717) is 27.3 Å². The maximum atomic E-state index is 14.6. The summed E-state index contributed by atoms with van der Waals surface area (Å²) in [6.45, 7) is 6.30. The van der Waals surface area contributed by atoms with E-state index in [4.69, 9.17) is 27.9 Å². The molecule has 0 spiro atoms. The average molecular weight is 511 g/mol. The summed E-state index contributed by atoms with van der Waals surface area (Å²) in [6, 6.07) is 8.43. The van der Waals surface area contributed by atoms with Crippen LogP contribution in [0.15, 0.2) is 41.4 Å². The normalized spacial score (nSPS) is 14.6. The summed E-state index contributed by atoms with van der Waals surface area (Å²) in [5.41, 5.74) is 1.53. The van der Waals surface area contributed by atoms with Gasteiger partial charge in [0.2, 0.25) is 5.91 Å². The van der Waals surface area contributed by atoms with Crippen molar-refractivity contribution in [3.63, 3.8) is 0 Å². The number of nitrogens with one attached hydrogen (secondary N) is 2. The first kappa shape index (κ1) is 24.0. The number of aromatic nitrogens is 1. The third-order valence-corrected chi connectivity index (χ3v) is 7.10. The summed E-state index contributed by atoms with van der Waals surface area (Å²) in [6.07, 6.45) is 2.51. The third kappa shape index (κ3) is 5.87. The van der Waals surface area contributed by atoms with Crippen molar-refractivity contribution in [2.75, 3.05) is 44.1 Å². The van der Waals surface area contributed by atoms with E-state index in [0.717, 1.165) is 55.7 Å². The second-order valence-corrected chi connectivity index (χ2v) is 9.49. The Balaban J connectivity index is 1.25. The van der Waals surface area contributed by atoms with Gasteiger partial charge in [0, 0.05) is 57.3 Å². The van der Waals surface area contributed by atoms with Crippen LogP contribution in [0.25, 0.3) is 10.9 Å². The molecule has 3 aromatic rings. The number of carbonyl (C=O) groups excluding carboxylic acids is 1. The molecule has 0 saturated carbocycles. The predicted octanol–water partition coefficient (Wildman–Crippen LogP) is 5.67. The lowest BCUT2D eigenvalue weighted by atomic mass is 10.2. The summed E-state index contributed by atoms with van der Waals surface area (Å²) in [7, 11) is 0. The van der Waals surface area contributed by atoms with Crippen molar-refractivity contribution in [1.29, 1.82) is 0 Å². The highest BCUT2D eigenvalue weighted by atomic mass is 35.5. The van der Waals surface area contributed by atoms with Gasteiger partial charge in [-0.1, -0.05) is 23.2 Å². The lowest BCUT2D eigenvalue weighted by Crippen LogP contribution is -2.48. The number of ether oxygens (including phenoxy) is 1.